The summed E-state index contributed by atoms with van der Waals surface area (Å²) in [5.41, 5.74) is 6.21. The van der Waals surface area contributed by atoms with Crippen LogP contribution in [-0.4, -0.2) is 78.0 Å². The number of carboxylic acids is 1. The Morgan fingerprint density at radius 2 is 1.23 bits per heavy atom. The molecule has 2 aliphatic heterocycles. The summed E-state index contributed by atoms with van der Waals surface area (Å²) in [5.74, 6) is 0.307. The van der Waals surface area contributed by atoms with E-state index in [0.717, 1.165) is 113 Å². The molecule has 0 atom stereocenters. The van der Waals surface area contributed by atoms with Gasteiger partial charge in [0.25, 0.3) is 11.8 Å². The van der Waals surface area contributed by atoms with Crippen molar-refractivity contribution in [1.82, 2.24) is 28.9 Å². The molecule has 3 N–H and O–H groups in total. The van der Waals surface area contributed by atoms with Crippen LogP contribution in [0.2, 0.25) is 10.0 Å². The molecule has 4 bridgehead atoms. The normalized spacial score (nSPS) is 26.9. The van der Waals surface area contributed by atoms with E-state index in [4.69, 9.17) is 33.2 Å². The van der Waals surface area contributed by atoms with Crippen LogP contribution in [0.5, 0.6) is 0 Å². The highest BCUT2D eigenvalue weighted by Gasteiger charge is 2.57. The van der Waals surface area contributed by atoms with Gasteiger partial charge in [-0.15, -0.1) is 0 Å². The number of aromatic nitrogens is 4. The Labute approximate surface area is 367 Å². The molecule has 2 aromatic carbocycles. The molecule has 2 amide bonds. The summed E-state index contributed by atoms with van der Waals surface area (Å²) in [4.78, 5) is 54.3. The fourth-order valence-electron chi connectivity index (χ4n) is 12.3. The Kier molecular flexibility index (Phi) is 10.4. The molecular formula is C47H56Cl2N8O4. The number of nitrogens with zero attached hydrogens (tertiary/aromatic N) is 6. The Balaban J connectivity index is 0.796. The van der Waals surface area contributed by atoms with Gasteiger partial charge in [0.15, 0.2) is 11.6 Å². The summed E-state index contributed by atoms with van der Waals surface area (Å²) in [6.07, 6.45) is 15.2. The summed E-state index contributed by atoms with van der Waals surface area (Å²) >= 11 is 14.1. The van der Waals surface area contributed by atoms with E-state index in [2.05, 4.69) is 20.4 Å². The lowest BCUT2D eigenvalue weighted by molar-refractivity contribution is -0.148. The standard InChI is InChI=1S/C47H56Cl2N8O4/c1-54-36-12-22-56(24-21-45-17-19-47(27-45,20-18-45)44(60)61)25-34(36)50-40(54)42(58)52-32-7-3-5-30(38(32)48)31-6-4-8-33(39(31)49)53-43(59)41-51-35-26-57(23-13-37(35)55(41)2)28-46-14-9-29(10-15-46)11-16-46/h3-8,29H,9-28H2,1-2H3,(H,52,58)(H,53,59)(H,60,61). The number of carbonyl (C=O) groups excluding carboxylic acids is 2. The molecule has 14 heteroatoms. The lowest BCUT2D eigenvalue weighted by atomic mass is 9.60. The van der Waals surface area contributed by atoms with E-state index in [9.17, 15) is 19.5 Å². The van der Waals surface area contributed by atoms with Crippen LogP contribution in [0.25, 0.3) is 11.1 Å². The van der Waals surface area contributed by atoms with Gasteiger partial charge in [-0.05, 0) is 112 Å². The van der Waals surface area contributed by atoms with Gasteiger partial charge in [0.05, 0.1) is 38.2 Å². The molecule has 4 aromatic rings. The lowest BCUT2D eigenvalue weighted by Gasteiger charge is -2.49. The second-order valence-corrected chi connectivity index (χ2v) is 20.3. The number of carbonyl (C=O) groups is 3. The number of benzene rings is 2. The minimum atomic E-state index is -0.624. The number of amides is 2. The lowest BCUT2D eigenvalue weighted by Crippen LogP contribution is -2.45. The van der Waals surface area contributed by atoms with Gasteiger partial charge in [-0.2, -0.15) is 0 Å². The quantitative estimate of drug-likeness (QED) is 0.136. The molecule has 0 spiro atoms. The third kappa shape index (κ3) is 7.29. The first-order valence-corrected chi connectivity index (χ1v) is 23.1. The molecule has 0 saturated heterocycles. The van der Waals surface area contributed by atoms with Crippen molar-refractivity contribution in [3.63, 3.8) is 0 Å². The van der Waals surface area contributed by atoms with Gasteiger partial charge < -0.3 is 24.9 Å². The maximum Gasteiger partial charge on any atom is 0.309 e. The second kappa shape index (κ2) is 15.5. The number of carboxylic acid groups (broad SMARTS) is 1. The smallest absolute Gasteiger partial charge is 0.309 e. The van der Waals surface area contributed by atoms with Crippen LogP contribution in [-0.2, 0) is 44.8 Å². The highest BCUT2D eigenvalue weighted by Crippen LogP contribution is 2.63. The number of rotatable bonds is 11. The number of hydrogen-bond donors (Lipinski definition) is 3. The first-order valence-electron chi connectivity index (χ1n) is 22.3. The van der Waals surface area contributed by atoms with Crippen molar-refractivity contribution in [2.75, 3.05) is 36.8 Å². The molecule has 61 heavy (non-hydrogen) atoms. The number of nitrogens with one attached hydrogen (secondary N) is 2. The zero-order valence-electron chi connectivity index (χ0n) is 35.3. The highest BCUT2D eigenvalue weighted by molar-refractivity contribution is 6.40. The van der Waals surface area contributed by atoms with Gasteiger partial charge in [-0.3, -0.25) is 24.2 Å². The molecule has 4 heterocycles. The van der Waals surface area contributed by atoms with E-state index in [1.165, 1.54) is 38.5 Å². The minimum Gasteiger partial charge on any atom is -0.481 e. The number of hydrogen-bond acceptors (Lipinski definition) is 7. The van der Waals surface area contributed by atoms with E-state index in [1.54, 1.807) is 12.1 Å². The molecule has 2 aromatic heterocycles. The number of anilines is 2. The largest absolute Gasteiger partial charge is 0.481 e. The van der Waals surface area contributed by atoms with Crippen LogP contribution in [0, 0.1) is 22.2 Å². The highest BCUT2D eigenvalue weighted by atomic mass is 35.5. The topological polar surface area (TPSA) is 138 Å². The number of aliphatic carboxylic acids is 1. The minimum absolute atomic E-state index is 0.135. The van der Waals surface area contributed by atoms with Crippen molar-refractivity contribution in [3.8, 4) is 11.1 Å². The Hall–Kier alpha value is -4.23. The van der Waals surface area contributed by atoms with E-state index >= 15 is 0 Å². The van der Waals surface area contributed by atoms with Gasteiger partial charge >= 0.3 is 5.97 Å². The molecule has 0 unspecified atom stereocenters. The van der Waals surface area contributed by atoms with Crippen molar-refractivity contribution >= 4 is 52.4 Å². The van der Waals surface area contributed by atoms with Crippen molar-refractivity contribution in [3.05, 3.63) is 80.9 Å². The zero-order chi connectivity index (χ0) is 42.3. The van der Waals surface area contributed by atoms with Gasteiger partial charge in [-0.1, -0.05) is 47.5 Å². The first-order chi connectivity index (χ1) is 29.3. The molecular weight excluding hydrogens is 811 g/mol. The Morgan fingerprint density at radius 1 is 0.721 bits per heavy atom. The van der Waals surface area contributed by atoms with Crippen molar-refractivity contribution in [2.24, 2.45) is 36.3 Å². The van der Waals surface area contributed by atoms with Gasteiger partial charge in [0.2, 0.25) is 0 Å². The molecule has 322 valence electrons. The number of fused-ring (bicyclic) bond motifs is 7. The summed E-state index contributed by atoms with van der Waals surface area (Å²) in [5, 5.41) is 16.5. The van der Waals surface area contributed by atoms with E-state index in [1.807, 2.05) is 47.5 Å². The van der Waals surface area contributed by atoms with Crippen LogP contribution in [0.4, 0.5) is 11.4 Å². The zero-order valence-corrected chi connectivity index (χ0v) is 36.8. The van der Waals surface area contributed by atoms with Crippen molar-refractivity contribution in [2.45, 2.75) is 103 Å². The number of halogens is 2. The van der Waals surface area contributed by atoms with Crippen molar-refractivity contribution < 1.29 is 19.5 Å². The monoisotopic (exact) mass is 866 g/mol. The van der Waals surface area contributed by atoms with Crippen LogP contribution < -0.4 is 10.6 Å². The fraction of sp³-hybridized carbons (Fsp3) is 0.553. The predicted molar refractivity (Wildman–Crippen MR) is 236 cm³/mol. The van der Waals surface area contributed by atoms with Crippen molar-refractivity contribution in [1.29, 1.82) is 0 Å². The molecule has 5 saturated carbocycles. The summed E-state index contributed by atoms with van der Waals surface area (Å²) in [6.45, 7) is 5.29. The third-order valence-electron chi connectivity index (χ3n) is 16.1. The molecule has 11 rings (SSSR count). The molecule has 5 aliphatic carbocycles. The van der Waals surface area contributed by atoms with Gasteiger partial charge in [0.1, 0.15) is 0 Å². The summed E-state index contributed by atoms with van der Waals surface area (Å²) in [7, 11) is 3.80. The number of imidazole rings is 2. The van der Waals surface area contributed by atoms with Crippen LogP contribution in [0.1, 0.15) is 121 Å². The summed E-state index contributed by atoms with van der Waals surface area (Å²) < 4.78 is 3.81. The van der Waals surface area contributed by atoms with E-state index in [0.29, 0.717) is 56.2 Å². The first kappa shape index (κ1) is 40.8. The average molecular weight is 868 g/mol. The maximum atomic E-state index is 13.8. The van der Waals surface area contributed by atoms with Crippen LogP contribution in [0.3, 0.4) is 0 Å². The van der Waals surface area contributed by atoms with Gasteiger partial charge in [0, 0.05) is 82.2 Å². The average Bonchev–Trinajstić information content (AvgIpc) is 4.02. The SMILES string of the molecule is Cn1c(C(=O)Nc2cccc(-c3cccc(NC(=O)c4nc5c(n4C)CCN(CC46CCC(CC4)CC6)C5)c3Cl)c2Cl)nc2c1CCN(CCC13CCC(C(=O)O)(CC1)C3)C2. The van der Waals surface area contributed by atoms with E-state index < -0.39 is 11.4 Å². The molecule has 7 aliphatic rings. The Morgan fingerprint density at radius 3 is 1.74 bits per heavy atom. The van der Waals surface area contributed by atoms with Crippen LogP contribution in [0.15, 0.2) is 36.4 Å². The molecule has 12 nitrogen and oxygen atoms in total. The Bertz CT molecular complexity index is 2410. The van der Waals surface area contributed by atoms with E-state index in [-0.39, 0.29) is 17.2 Å². The van der Waals surface area contributed by atoms with Crippen LogP contribution >= 0.6 is 23.2 Å². The fourth-order valence-corrected chi connectivity index (χ4v) is 12.9. The maximum absolute atomic E-state index is 13.8. The molecule has 5 fully saturated rings. The third-order valence-corrected chi connectivity index (χ3v) is 16.9. The predicted octanol–water partition coefficient (Wildman–Crippen LogP) is 8.74. The molecule has 0 radical (unpaired) electrons. The second-order valence-electron chi connectivity index (χ2n) is 19.5. The van der Waals surface area contributed by atoms with Gasteiger partial charge in [-0.25, -0.2) is 9.97 Å². The summed E-state index contributed by atoms with van der Waals surface area (Å²) in [6, 6.07) is 10.8.